The van der Waals surface area contributed by atoms with Crippen molar-refractivity contribution in [2.24, 2.45) is 0 Å². The maximum absolute atomic E-state index is 12.4. The minimum absolute atomic E-state index is 0.109. The van der Waals surface area contributed by atoms with Gasteiger partial charge in [0.05, 0.1) is 0 Å². The zero-order chi connectivity index (χ0) is 16.4. The summed E-state index contributed by atoms with van der Waals surface area (Å²) in [6.45, 7) is 2.38. The SMILES string of the molecule is Cc1ccc(N)cc1C(=O)NCc1ccc(Br)c2ccccc12. The number of benzene rings is 3. The van der Waals surface area contributed by atoms with Crippen molar-refractivity contribution >= 4 is 38.3 Å². The molecule has 0 aliphatic rings. The van der Waals surface area contributed by atoms with Crippen molar-refractivity contribution < 1.29 is 4.79 Å². The fourth-order valence-corrected chi connectivity index (χ4v) is 3.11. The lowest BCUT2D eigenvalue weighted by molar-refractivity contribution is 0.0950. The predicted octanol–water partition coefficient (Wildman–Crippen LogP) is 4.42. The van der Waals surface area contributed by atoms with Gasteiger partial charge in [0.1, 0.15) is 0 Å². The van der Waals surface area contributed by atoms with E-state index in [4.69, 9.17) is 5.73 Å². The van der Waals surface area contributed by atoms with Crippen molar-refractivity contribution in [3.05, 3.63) is 75.8 Å². The highest BCUT2D eigenvalue weighted by Crippen LogP contribution is 2.26. The second-order valence-electron chi connectivity index (χ2n) is 5.51. The van der Waals surface area contributed by atoms with Crippen LogP contribution >= 0.6 is 15.9 Å². The quantitative estimate of drug-likeness (QED) is 0.672. The Morgan fingerprint density at radius 2 is 1.83 bits per heavy atom. The summed E-state index contributed by atoms with van der Waals surface area (Å²) in [4.78, 5) is 12.4. The van der Waals surface area contributed by atoms with Crippen LogP contribution in [-0.4, -0.2) is 5.91 Å². The molecule has 3 N–H and O–H groups in total. The number of nitrogen functional groups attached to an aromatic ring is 1. The van der Waals surface area contributed by atoms with Gasteiger partial charge >= 0.3 is 0 Å². The van der Waals surface area contributed by atoms with Gasteiger partial charge in [-0.15, -0.1) is 0 Å². The highest BCUT2D eigenvalue weighted by atomic mass is 79.9. The lowest BCUT2D eigenvalue weighted by atomic mass is 10.0. The van der Waals surface area contributed by atoms with Crippen LogP contribution in [0.4, 0.5) is 5.69 Å². The fraction of sp³-hybridized carbons (Fsp3) is 0.105. The van der Waals surface area contributed by atoms with E-state index in [1.165, 1.54) is 0 Å². The molecule has 3 rings (SSSR count). The number of nitrogens with one attached hydrogen (secondary N) is 1. The lowest BCUT2D eigenvalue weighted by Crippen LogP contribution is -2.23. The number of aryl methyl sites for hydroxylation is 1. The van der Waals surface area contributed by atoms with Gasteiger partial charge in [0, 0.05) is 22.3 Å². The number of carbonyl (C=O) groups excluding carboxylic acids is 1. The van der Waals surface area contributed by atoms with Crippen molar-refractivity contribution in [1.82, 2.24) is 5.32 Å². The number of nitrogens with two attached hydrogens (primary N) is 1. The molecule has 0 bridgehead atoms. The third kappa shape index (κ3) is 3.22. The van der Waals surface area contributed by atoms with Crippen molar-refractivity contribution in [2.75, 3.05) is 5.73 Å². The Kier molecular flexibility index (Phi) is 4.35. The van der Waals surface area contributed by atoms with Gasteiger partial charge < -0.3 is 11.1 Å². The Balaban J connectivity index is 1.85. The number of carbonyl (C=O) groups is 1. The van der Waals surface area contributed by atoms with Crippen LogP contribution in [0, 0.1) is 6.92 Å². The van der Waals surface area contributed by atoms with Crippen LogP contribution in [0.3, 0.4) is 0 Å². The van der Waals surface area contributed by atoms with Gasteiger partial charge in [-0.25, -0.2) is 0 Å². The number of anilines is 1. The first-order chi connectivity index (χ1) is 11.1. The van der Waals surface area contributed by atoms with E-state index in [2.05, 4.69) is 33.4 Å². The summed E-state index contributed by atoms with van der Waals surface area (Å²) in [5, 5.41) is 5.25. The number of amides is 1. The molecule has 3 aromatic rings. The van der Waals surface area contributed by atoms with Gasteiger partial charge in [0.15, 0.2) is 0 Å². The molecule has 0 saturated heterocycles. The summed E-state index contributed by atoms with van der Waals surface area (Å²) in [7, 11) is 0. The topological polar surface area (TPSA) is 55.1 Å². The van der Waals surface area contributed by atoms with Crippen LogP contribution in [0.5, 0.6) is 0 Å². The van der Waals surface area contributed by atoms with Crippen molar-refractivity contribution in [2.45, 2.75) is 13.5 Å². The smallest absolute Gasteiger partial charge is 0.251 e. The molecule has 3 nitrogen and oxygen atoms in total. The molecule has 0 atom stereocenters. The molecule has 0 radical (unpaired) electrons. The normalized spacial score (nSPS) is 10.7. The molecule has 0 fully saturated rings. The zero-order valence-electron chi connectivity index (χ0n) is 12.8. The van der Waals surface area contributed by atoms with E-state index in [-0.39, 0.29) is 5.91 Å². The largest absolute Gasteiger partial charge is 0.399 e. The monoisotopic (exact) mass is 368 g/mol. The summed E-state index contributed by atoms with van der Waals surface area (Å²) in [5.41, 5.74) is 8.98. The molecule has 0 spiro atoms. The minimum atomic E-state index is -0.109. The predicted molar refractivity (Wildman–Crippen MR) is 98.4 cm³/mol. The number of halogens is 1. The first-order valence-electron chi connectivity index (χ1n) is 7.36. The van der Waals surface area contributed by atoms with E-state index in [1.54, 1.807) is 12.1 Å². The zero-order valence-corrected chi connectivity index (χ0v) is 14.4. The van der Waals surface area contributed by atoms with E-state index >= 15 is 0 Å². The third-order valence-electron chi connectivity index (χ3n) is 3.91. The Morgan fingerprint density at radius 3 is 2.61 bits per heavy atom. The van der Waals surface area contributed by atoms with Gasteiger partial charge in [-0.3, -0.25) is 4.79 Å². The molecule has 0 aromatic heterocycles. The number of rotatable bonds is 3. The molecule has 0 saturated carbocycles. The number of hydrogen-bond donors (Lipinski definition) is 2. The minimum Gasteiger partial charge on any atom is -0.399 e. The van der Waals surface area contributed by atoms with Crippen LogP contribution < -0.4 is 11.1 Å². The molecule has 4 heteroatoms. The molecule has 1 amide bonds. The molecule has 0 aliphatic carbocycles. The standard InChI is InChI=1S/C19H17BrN2O/c1-12-6-8-14(21)10-17(12)19(23)22-11-13-7-9-18(20)16-5-3-2-4-15(13)16/h2-10H,11,21H2,1H3,(H,22,23). The van der Waals surface area contributed by atoms with E-state index in [0.29, 0.717) is 17.8 Å². The molecule has 116 valence electrons. The highest BCUT2D eigenvalue weighted by Gasteiger charge is 2.10. The van der Waals surface area contributed by atoms with E-state index in [0.717, 1.165) is 26.4 Å². The molecular formula is C19H17BrN2O. The molecule has 0 heterocycles. The Morgan fingerprint density at radius 1 is 1.09 bits per heavy atom. The van der Waals surface area contributed by atoms with E-state index < -0.39 is 0 Å². The second-order valence-corrected chi connectivity index (χ2v) is 6.36. The summed E-state index contributed by atoms with van der Waals surface area (Å²) < 4.78 is 1.05. The molecule has 0 unspecified atom stereocenters. The summed E-state index contributed by atoms with van der Waals surface area (Å²) in [5.74, 6) is -0.109. The molecule has 23 heavy (non-hydrogen) atoms. The third-order valence-corrected chi connectivity index (χ3v) is 4.60. The Bertz CT molecular complexity index is 890. The lowest BCUT2D eigenvalue weighted by Gasteiger charge is -2.11. The van der Waals surface area contributed by atoms with Crippen molar-refractivity contribution in [3.8, 4) is 0 Å². The number of fused-ring (bicyclic) bond motifs is 1. The van der Waals surface area contributed by atoms with Crippen molar-refractivity contribution in [1.29, 1.82) is 0 Å². The fourth-order valence-electron chi connectivity index (χ4n) is 2.63. The van der Waals surface area contributed by atoms with Crippen LogP contribution in [0.2, 0.25) is 0 Å². The van der Waals surface area contributed by atoms with Gasteiger partial charge in [-0.2, -0.15) is 0 Å². The van der Waals surface area contributed by atoms with Gasteiger partial charge in [0.2, 0.25) is 0 Å². The van der Waals surface area contributed by atoms with Gasteiger partial charge in [0.25, 0.3) is 5.91 Å². The average molecular weight is 369 g/mol. The highest BCUT2D eigenvalue weighted by molar-refractivity contribution is 9.10. The van der Waals surface area contributed by atoms with Crippen LogP contribution in [0.1, 0.15) is 21.5 Å². The molecule has 0 aliphatic heterocycles. The number of hydrogen-bond acceptors (Lipinski definition) is 2. The Hall–Kier alpha value is -2.33. The van der Waals surface area contributed by atoms with Crippen LogP contribution in [0.15, 0.2) is 59.1 Å². The maximum Gasteiger partial charge on any atom is 0.251 e. The van der Waals surface area contributed by atoms with Crippen LogP contribution in [0.25, 0.3) is 10.8 Å². The molecule has 3 aromatic carbocycles. The van der Waals surface area contributed by atoms with E-state index in [9.17, 15) is 4.79 Å². The van der Waals surface area contributed by atoms with Gasteiger partial charge in [-0.1, -0.05) is 52.3 Å². The maximum atomic E-state index is 12.4. The summed E-state index contributed by atoms with van der Waals surface area (Å²) >= 11 is 3.56. The first kappa shape index (κ1) is 15.6. The average Bonchev–Trinajstić information content (AvgIpc) is 2.56. The first-order valence-corrected chi connectivity index (χ1v) is 8.16. The van der Waals surface area contributed by atoms with Crippen LogP contribution in [-0.2, 0) is 6.54 Å². The molecular weight excluding hydrogens is 352 g/mol. The summed E-state index contributed by atoms with van der Waals surface area (Å²) in [6.07, 6.45) is 0. The van der Waals surface area contributed by atoms with E-state index in [1.807, 2.05) is 37.3 Å². The Labute approximate surface area is 143 Å². The van der Waals surface area contributed by atoms with Gasteiger partial charge in [-0.05, 0) is 47.0 Å². The second kappa shape index (κ2) is 6.42. The summed E-state index contributed by atoms with van der Waals surface area (Å²) in [6, 6.07) is 17.5. The van der Waals surface area contributed by atoms with Crippen molar-refractivity contribution in [3.63, 3.8) is 0 Å².